The molecule has 20 heavy (non-hydrogen) atoms. The highest BCUT2D eigenvalue weighted by molar-refractivity contribution is 6.30. The van der Waals surface area contributed by atoms with Crippen LogP contribution >= 0.6 is 11.6 Å². The number of methoxy groups -OCH3 is 1. The molecule has 0 bridgehead atoms. The lowest BCUT2D eigenvalue weighted by molar-refractivity contribution is 0.396. The number of nitrogens with zero attached hydrogens (tertiary/aromatic N) is 2. The maximum Gasteiger partial charge on any atom is 0.161 e. The Morgan fingerprint density at radius 2 is 1.90 bits per heavy atom. The molecule has 0 saturated carbocycles. The highest BCUT2D eigenvalue weighted by atomic mass is 35.5. The van der Waals surface area contributed by atoms with Crippen molar-refractivity contribution in [3.8, 4) is 5.75 Å². The molecule has 0 aliphatic heterocycles. The Balaban J connectivity index is 2.50. The third kappa shape index (κ3) is 2.81. The summed E-state index contributed by atoms with van der Waals surface area (Å²) in [5, 5.41) is 8.48. The van der Waals surface area contributed by atoms with E-state index < -0.39 is 0 Å². The van der Waals surface area contributed by atoms with Gasteiger partial charge in [0, 0.05) is 11.1 Å². The fourth-order valence-corrected chi connectivity index (χ4v) is 2.44. The van der Waals surface area contributed by atoms with Gasteiger partial charge in [-0.05, 0) is 38.6 Å². The van der Waals surface area contributed by atoms with E-state index in [4.69, 9.17) is 16.3 Å². The summed E-state index contributed by atoms with van der Waals surface area (Å²) in [5.74, 6) is 0.785. The topological polar surface area (TPSA) is 39.1 Å². The molecule has 0 radical (unpaired) electrons. The van der Waals surface area contributed by atoms with E-state index >= 15 is 0 Å². The third-order valence-corrected chi connectivity index (χ3v) is 3.53. The van der Waals surface area contributed by atoms with Crippen LogP contribution in [0.5, 0.6) is 5.75 Å². The molecule has 0 aliphatic carbocycles. The van der Waals surface area contributed by atoms with Crippen molar-refractivity contribution in [2.45, 2.75) is 25.9 Å². The van der Waals surface area contributed by atoms with Gasteiger partial charge in [0.05, 0.1) is 19.3 Å². The van der Waals surface area contributed by atoms with Crippen molar-refractivity contribution >= 4 is 11.6 Å². The second-order valence-corrected chi connectivity index (χ2v) is 5.35. The minimum atomic E-state index is 0.00659. The molecular formula is C15H20ClN3O. The molecule has 0 fully saturated rings. The second kappa shape index (κ2) is 6.29. The standard InChI is InChI=1S/C15H20ClN3O/c1-10(2)19-15(13(20-4)9-18-19)14(17-3)11-5-7-12(16)8-6-11/h5-10,14,17H,1-4H3. The van der Waals surface area contributed by atoms with Gasteiger partial charge in [0.1, 0.15) is 5.69 Å². The molecule has 0 saturated heterocycles. The predicted octanol–water partition coefficient (Wildman–Crippen LogP) is 3.43. The van der Waals surface area contributed by atoms with Crippen molar-refractivity contribution in [1.82, 2.24) is 15.1 Å². The molecule has 0 amide bonds. The summed E-state index contributed by atoms with van der Waals surface area (Å²) in [6, 6.07) is 8.08. The SMILES string of the molecule is CNC(c1ccc(Cl)cc1)c1c(OC)cnn1C(C)C. The lowest BCUT2D eigenvalue weighted by Crippen LogP contribution is -2.23. The normalized spacial score (nSPS) is 12.7. The van der Waals surface area contributed by atoms with E-state index in [2.05, 4.69) is 24.3 Å². The van der Waals surface area contributed by atoms with Crippen molar-refractivity contribution in [2.24, 2.45) is 0 Å². The van der Waals surface area contributed by atoms with Gasteiger partial charge in [-0.1, -0.05) is 23.7 Å². The monoisotopic (exact) mass is 293 g/mol. The van der Waals surface area contributed by atoms with E-state index in [1.54, 1.807) is 13.3 Å². The fourth-order valence-electron chi connectivity index (χ4n) is 2.32. The van der Waals surface area contributed by atoms with Gasteiger partial charge in [-0.25, -0.2) is 0 Å². The maximum atomic E-state index is 5.96. The van der Waals surface area contributed by atoms with E-state index in [1.165, 1.54) is 0 Å². The van der Waals surface area contributed by atoms with Crippen LogP contribution in [0.15, 0.2) is 30.5 Å². The molecule has 1 heterocycles. The van der Waals surface area contributed by atoms with Crippen LogP contribution in [0, 0.1) is 0 Å². The first-order valence-corrected chi connectivity index (χ1v) is 7.00. The van der Waals surface area contributed by atoms with Crippen molar-refractivity contribution in [3.05, 3.63) is 46.7 Å². The Bertz CT molecular complexity index is 563. The van der Waals surface area contributed by atoms with Crippen LogP contribution < -0.4 is 10.1 Å². The fraction of sp³-hybridized carbons (Fsp3) is 0.400. The summed E-state index contributed by atoms with van der Waals surface area (Å²) in [4.78, 5) is 0. The minimum absolute atomic E-state index is 0.00659. The van der Waals surface area contributed by atoms with Crippen molar-refractivity contribution in [2.75, 3.05) is 14.2 Å². The van der Waals surface area contributed by atoms with Crippen molar-refractivity contribution < 1.29 is 4.74 Å². The van der Waals surface area contributed by atoms with Gasteiger partial charge in [-0.15, -0.1) is 0 Å². The molecule has 0 aliphatic rings. The lowest BCUT2D eigenvalue weighted by atomic mass is 10.0. The second-order valence-electron chi connectivity index (χ2n) is 4.91. The predicted molar refractivity (Wildman–Crippen MR) is 81.5 cm³/mol. The van der Waals surface area contributed by atoms with Gasteiger partial charge in [0.15, 0.2) is 5.75 Å². The molecule has 2 aromatic rings. The summed E-state index contributed by atoms with van der Waals surface area (Å²) < 4.78 is 7.44. The molecule has 1 aromatic carbocycles. The summed E-state index contributed by atoms with van der Waals surface area (Å²) in [5.41, 5.74) is 2.14. The average Bonchev–Trinajstić information content (AvgIpc) is 2.86. The van der Waals surface area contributed by atoms with Crippen molar-refractivity contribution in [1.29, 1.82) is 0 Å². The van der Waals surface area contributed by atoms with Crippen LogP contribution in [-0.4, -0.2) is 23.9 Å². The number of benzene rings is 1. The van der Waals surface area contributed by atoms with Crippen LogP contribution in [0.2, 0.25) is 5.02 Å². The number of aromatic nitrogens is 2. The summed E-state index contributed by atoms with van der Waals surface area (Å²) >= 11 is 5.96. The Morgan fingerprint density at radius 3 is 2.40 bits per heavy atom. The molecule has 1 N–H and O–H groups in total. The highest BCUT2D eigenvalue weighted by Crippen LogP contribution is 2.32. The van der Waals surface area contributed by atoms with Crippen LogP contribution in [0.1, 0.15) is 37.2 Å². The molecule has 1 atom stereocenters. The third-order valence-electron chi connectivity index (χ3n) is 3.27. The first kappa shape index (κ1) is 14.9. The van der Waals surface area contributed by atoms with E-state index in [0.717, 1.165) is 22.0 Å². The zero-order valence-corrected chi connectivity index (χ0v) is 13.0. The zero-order valence-electron chi connectivity index (χ0n) is 12.2. The van der Waals surface area contributed by atoms with Gasteiger partial charge >= 0.3 is 0 Å². The Kier molecular flexibility index (Phi) is 4.68. The number of hydrogen-bond donors (Lipinski definition) is 1. The summed E-state index contributed by atoms with van der Waals surface area (Å²) in [7, 11) is 3.59. The van der Waals surface area contributed by atoms with Crippen molar-refractivity contribution in [3.63, 3.8) is 0 Å². The van der Waals surface area contributed by atoms with Gasteiger partial charge in [-0.3, -0.25) is 4.68 Å². The first-order chi connectivity index (χ1) is 9.58. The zero-order chi connectivity index (χ0) is 14.7. The number of halogens is 1. The van der Waals surface area contributed by atoms with E-state index in [9.17, 15) is 0 Å². The van der Waals surface area contributed by atoms with E-state index in [0.29, 0.717) is 0 Å². The molecule has 1 unspecified atom stereocenters. The Morgan fingerprint density at radius 1 is 1.25 bits per heavy atom. The molecule has 5 heteroatoms. The average molecular weight is 294 g/mol. The quantitative estimate of drug-likeness (QED) is 0.918. The van der Waals surface area contributed by atoms with E-state index in [-0.39, 0.29) is 12.1 Å². The molecule has 0 spiro atoms. The Labute approximate surface area is 124 Å². The van der Waals surface area contributed by atoms with Crippen LogP contribution in [0.4, 0.5) is 0 Å². The van der Waals surface area contributed by atoms with Crippen LogP contribution in [0.3, 0.4) is 0 Å². The maximum absolute atomic E-state index is 5.96. The number of rotatable bonds is 5. The van der Waals surface area contributed by atoms with Gasteiger partial charge < -0.3 is 10.1 Å². The number of nitrogens with one attached hydrogen (secondary N) is 1. The Hall–Kier alpha value is -1.52. The highest BCUT2D eigenvalue weighted by Gasteiger charge is 2.23. The van der Waals surface area contributed by atoms with Crippen LogP contribution in [-0.2, 0) is 0 Å². The molecule has 2 rings (SSSR count). The largest absolute Gasteiger partial charge is 0.493 e. The molecule has 108 valence electrons. The summed E-state index contributed by atoms with van der Waals surface area (Å²) in [6.07, 6.45) is 1.76. The summed E-state index contributed by atoms with van der Waals surface area (Å²) in [6.45, 7) is 4.20. The van der Waals surface area contributed by atoms with E-state index in [1.807, 2.05) is 36.0 Å². The molecular weight excluding hydrogens is 274 g/mol. The number of ether oxygens (including phenoxy) is 1. The lowest BCUT2D eigenvalue weighted by Gasteiger charge is -2.21. The van der Waals surface area contributed by atoms with Crippen LogP contribution in [0.25, 0.3) is 0 Å². The van der Waals surface area contributed by atoms with Gasteiger partial charge in [-0.2, -0.15) is 5.10 Å². The van der Waals surface area contributed by atoms with Gasteiger partial charge in [0.2, 0.25) is 0 Å². The molecule has 1 aromatic heterocycles. The van der Waals surface area contributed by atoms with Gasteiger partial charge in [0.25, 0.3) is 0 Å². The number of hydrogen-bond acceptors (Lipinski definition) is 3. The first-order valence-electron chi connectivity index (χ1n) is 6.62. The minimum Gasteiger partial charge on any atom is -0.493 e. The smallest absolute Gasteiger partial charge is 0.161 e. The molecule has 4 nitrogen and oxygen atoms in total.